The molecule has 3 nitrogen and oxygen atoms in total. The number of pyridine rings is 1. The lowest BCUT2D eigenvalue weighted by atomic mass is 10.4. The van der Waals surface area contributed by atoms with E-state index in [1.807, 2.05) is 0 Å². The maximum Gasteiger partial charge on any atom is 0.392 e. The molecule has 0 unspecified atom stereocenters. The minimum atomic E-state index is -4.27. The number of nitrogens with one attached hydrogen (secondary N) is 1. The minimum absolute atomic E-state index is 0.0659. The van der Waals surface area contributed by atoms with Gasteiger partial charge in [0.25, 0.3) is 0 Å². The highest BCUT2D eigenvalue weighted by Gasteiger charge is 2.27. The largest absolute Gasteiger partial charge is 0.476 e. The number of alkyl halides is 3. The SMILES string of the molecule is CNc1nc(OCCC(F)(F)F)c(Cl)cc1Cl. The Morgan fingerprint density at radius 2 is 2.00 bits per heavy atom. The van der Waals surface area contributed by atoms with Crippen LogP contribution in [0.3, 0.4) is 0 Å². The second kappa shape index (κ2) is 5.64. The molecule has 1 aromatic heterocycles. The highest BCUT2D eigenvalue weighted by molar-refractivity contribution is 6.36. The van der Waals surface area contributed by atoms with Gasteiger partial charge in [0.15, 0.2) is 0 Å². The Balaban J connectivity index is 2.71. The van der Waals surface area contributed by atoms with Crippen LogP contribution in [-0.4, -0.2) is 24.8 Å². The van der Waals surface area contributed by atoms with Gasteiger partial charge in [0.2, 0.25) is 5.88 Å². The topological polar surface area (TPSA) is 34.2 Å². The van der Waals surface area contributed by atoms with Crippen molar-refractivity contribution in [1.29, 1.82) is 0 Å². The van der Waals surface area contributed by atoms with E-state index in [1.165, 1.54) is 6.07 Å². The molecule has 0 bridgehead atoms. The smallest absolute Gasteiger partial charge is 0.392 e. The van der Waals surface area contributed by atoms with Crippen molar-refractivity contribution >= 4 is 29.0 Å². The number of anilines is 1. The molecule has 0 atom stereocenters. The van der Waals surface area contributed by atoms with Crippen LogP contribution in [0, 0.1) is 0 Å². The van der Waals surface area contributed by atoms with Crippen molar-refractivity contribution < 1.29 is 17.9 Å². The van der Waals surface area contributed by atoms with Crippen LogP contribution in [-0.2, 0) is 0 Å². The maximum absolute atomic E-state index is 11.9. The van der Waals surface area contributed by atoms with E-state index in [-0.39, 0.29) is 21.7 Å². The molecular weight excluding hydrogens is 280 g/mol. The summed E-state index contributed by atoms with van der Waals surface area (Å²) in [6.45, 7) is -0.541. The van der Waals surface area contributed by atoms with E-state index in [1.54, 1.807) is 7.05 Å². The monoisotopic (exact) mass is 288 g/mol. The molecule has 1 heterocycles. The van der Waals surface area contributed by atoms with Crippen molar-refractivity contribution in [3.05, 3.63) is 16.1 Å². The van der Waals surface area contributed by atoms with Gasteiger partial charge in [-0.1, -0.05) is 23.2 Å². The van der Waals surface area contributed by atoms with Gasteiger partial charge in [-0.05, 0) is 6.07 Å². The number of hydrogen-bond donors (Lipinski definition) is 1. The van der Waals surface area contributed by atoms with Gasteiger partial charge in [-0.2, -0.15) is 18.2 Å². The summed E-state index contributed by atoms with van der Waals surface area (Å²) in [6, 6.07) is 1.35. The van der Waals surface area contributed by atoms with Crippen LogP contribution in [0.1, 0.15) is 6.42 Å². The summed E-state index contributed by atoms with van der Waals surface area (Å²) < 4.78 is 40.6. The zero-order chi connectivity index (χ0) is 13.1. The van der Waals surface area contributed by atoms with Crippen molar-refractivity contribution in [1.82, 2.24) is 4.98 Å². The third-order valence-corrected chi connectivity index (χ3v) is 2.32. The molecule has 0 radical (unpaired) electrons. The van der Waals surface area contributed by atoms with Crippen LogP contribution < -0.4 is 10.1 Å². The first-order valence-corrected chi connectivity index (χ1v) is 5.32. The summed E-state index contributed by atoms with van der Waals surface area (Å²) in [5.41, 5.74) is 0. The van der Waals surface area contributed by atoms with Crippen LogP contribution in [0.4, 0.5) is 19.0 Å². The zero-order valence-corrected chi connectivity index (χ0v) is 10.2. The molecule has 96 valence electrons. The summed E-state index contributed by atoms with van der Waals surface area (Å²) in [6.07, 6.45) is -5.34. The van der Waals surface area contributed by atoms with Crippen molar-refractivity contribution in [2.24, 2.45) is 0 Å². The third kappa shape index (κ3) is 4.47. The lowest BCUT2D eigenvalue weighted by Crippen LogP contribution is -2.13. The van der Waals surface area contributed by atoms with E-state index >= 15 is 0 Å². The fourth-order valence-corrected chi connectivity index (χ4v) is 1.50. The van der Waals surface area contributed by atoms with Crippen LogP contribution in [0.2, 0.25) is 10.0 Å². The average molecular weight is 289 g/mol. The van der Waals surface area contributed by atoms with E-state index in [4.69, 9.17) is 27.9 Å². The summed E-state index contributed by atoms with van der Waals surface area (Å²) in [5, 5.41) is 3.00. The lowest BCUT2D eigenvalue weighted by molar-refractivity contribution is -0.139. The molecule has 0 saturated heterocycles. The molecule has 0 saturated carbocycles. The molecule has 0 aliphatic carbocycles. The molecule has 17 heavy (non-hydrogen) atoms. The molecule has 0 fully saturated rings. The van der Waals surface area contributed by atoms with Gasteiger partial charge in [0.05, 0.1) is 18.1 Å². The minimum Gasteiger partial charge on any atom is -0.476 e. The average Bonchev–Trinajstić information content (AvgIpc) is 2.19. The first-order chi connectivity index (χ1) is 7.83. The van der Waals surface area contributed by atoms with Crippen LogP contribution >= 0.6 is 23.2 Å². The van der Waals surface area contributed by atoms with Gasteiger partial charge in [-0.3, -0.25) is 0 Å². The van der Waals surface area contributed by atoms with Crippen LogP contribution in [0.15, 0.2) is 6.07 Å². The molecule has 1 aromatic rings. The van der Waals surface area contributed by atoms with Gasteiger partial charge < -0.3 is 10.1 Å². The fourth-order valence-electron chi connectivity index (χ4n) is 0.990. The van der Waals surface area contributed by atoms with E-state index in [2.05, 4.69) is 10.3 Å². The number of nitrogens with zero attached hydrogens (tertiary/aromatic N) is 1. The van der Waals surface area contributed by atoms with Crippen molar-refractivity contribution in [3.8, 4) is 5.88 Å². The number of ether oxygens (including phenoxy) is 1. The molecule has 0 aromatic carbocycles. The maximum atomic E-state index is 11.9. The van der Waals surface area contributed by atoms with E-state index in [0.717, 1.165) is 0 Å². The fraction of sp³-hybridized carbons (Fsp3) is 0.444. The summed E-state index contributed by atoms with van der Waals surface area (Å²) in [5.74, 6) is 0.211. The van der Waals surface area contributed by atoms with E-state index < -0.39 is 19.2 Å². The normalized spacial score (nSPS) is 11.4. The second-order valence-corrected chi connectivity index (χ2v) is 3.88. The molecule has 0 aliphatic rings. The predicted molar refractivity (Wildman–Crippen MR) is 60.0 cm³/mol. The Labute approximate surface area is 106 Å². The Morgan fingerprint density at radius 1 is 1.35 bits per heavy atom. The number of rotatable bonds is 4. The van der Waals surface area contributed by atoms with Crippen LogP contribution in [0.25, 0.3) is 0 Å². The Bertz CT molecular complexity index is 399. The molecular formula is C9H9Cl2F3N2O. The lowest BCUT2D eigenvalue weighted by Gasteiger charge is -2.11. The Morgan fingerprint density at radius 3 is 2.53 bits per heavy atom. The Hall–Kier alpha value is -0.880. The first kappa shape index (κ1) is 14.2. The molecule has 0 aliphatic heterocycles. The quantitative estimate of drug-likeness (QED) is 0.916. The van der Waals surface area contributed by atoms with E-state index in [0.29, 0.717) is 0 Å². The summed E-state index contributed by atoms with van der Waals surface area (Å²) >= 11 is 11.5. The third-order valence-electron chi connectivity index (χ3n) is 1.76. The van der Waals surface area contributed by atoms with Crippen LogP contribution in [0.5, 0.6) is 5.88 Å². The predicted octanol–water partition coefficient (Wildman–Crippen LogP) is 3.76. The Kier molecular flexibility index (Phi) is 4.70. The molecule has 0 amide bonds. The van der Waals surface area contributed by atoms with Crippen molar-refractivity contribution in [2.75, 3.05) is 19.0 Å². The first-order valence-electron chi connectivity index (χ1n) is 4.57. The highest BCUT2D eigenvalue weighted by atomic mass is 35.5. The van der Waals surface area contributed by atoms with Gasteiger partial charge in [0, 0.05) is 7.05 Å². The second-order valence-electron chi connectivity index (χ2n) is 3.07. The van der Waals surface area contributed by atoms with Crippen molar-refractivity contribution in [3.63, 3.8) is 0 Å². The molecule has 0 spiro atoms. The standard InChI is InChI=1S/C9H9Cl2F3N2O/c1-15-7-5(10)4-6(11)8(16-7)17-3-2-9(12,13)14/h4H,2-3H2,1H3,(H,15,16). The van der Waals surface area contributed by atoms with Gasteiger partial charge in [-0.25, -0.2) is 0 Å². The molecule has 8 heteroatoms. The summed E-state index contributed by atoms with van der Waals surface area (Å²) in [7, 11) is 1.57. The van der Waals surface area contributed by atoms with Gasteiger partial charge in [0.1, 0.15) is 10.8 Å². The van der Waals surface area contributed by atoms with Crippen molar-refractivity contribution in [2.45, 2.75) is 12.6 Å². The zero-order valence-electron chi connectivity index (χ0n) is 8.74. The van der Waals surface area contributed by atoms with E-state index in [9.17, 15) is 13.2 Å². The molecule has 1 N–H and O–H groups in total. The number of halogens is 5. The number of hydrogen-bond acceptors (Lipinski definition) is 3. The van der Waals surface area contributed by atoms with Gasteiger partial charge >= 0.3 is 6.18 Å². The molecule has 1 rings (SSSR count). The summed E-state index contributed by atoms with van der Waals surface area (Å²) in [4.78, 5) is 3.85. The highest BCUT2D eigenvalue weighted by Crippen LogP contribution is 2.31. The number of aromatic nitrogens is 1. The van der Waals surface area contributed by atoms with Gasteiger partial charge in [-0.15, -0.1) is 0 Å².